The van der Waals surface area contributed by atoms with Crippen LogP contribution in [0.4, 0.5) is 5.82 Å². The molecule has 0 spiro atoms. The number of anilines is 1. The highest BCUT2D eigenvalue weighted by Gasteiger charge is 2.25. The lowest BCUT2D eigenvalue weighted by molar-refractivity contribution is 0.225. The number of aromatic nitrogens is 4. The van der Waals surface area contributed by atoms with Gasteiger partial charge in [0.25, 0.3) is 0 Å². The monoisotopic (exact) mass is 327 g/mol. The lowest BCUT2D eigenvalue weighted by Crippen LogP contribution is -2.25. The number of nitrogens with zero attached hydrogens (tertiary/aromatic N) is 5. The van der Waals surface area contributed by atoms with E-state index in [0.717, 1.165) is 42.0 Å². The molecule has 1 atom stereocenters. The smallest absolute Gasteiger partial charge is 0.140 e. The van der Waals surface area contributed by atoms with Crippen LogP contribution >= 0.6 is 11.6 Å². The van der Waals surface area contributed by atoms with Crippen LogP contribution in [-0.4, -0.2) is 39.1 Å². The molecular weight excluding hydrogens is 314 g/mol. The van der Waals surface area contributed by atoms with Crippen LogP contribution in [0.1, 0.15) is 6.42 Å². The molecule has 3 aromatic rings. The minimum Gasteiger partial charge on any atom is -0.488 e. The van der Waals surface area contributed by atoms with Gasteiger partial charge in [-0.25, -0.2) is 19.9 Å². The van der Waals surface area contributed by atoms with Gasteiger partial charge in [0.1, 0.15) is 35.5 Å². The van der Waals surface area contributed by atoms with E-state index in [9.17, 15) is 0 Å². The number of hydrogen-bond acceptors (Lipinski definition) is 6. The van der Waals surface area contributed by atoms with Crippen LogP contribution in [0.15, 0.2) is 43.1 Å². The van der Waals surface area contributed by atoms with Crippen LogP contribution < -0.4 is 9.64 Å². The van der Waals surface area contributed by atoms with Crippen LogP contribution in [0.5, 0.6) is 5.75 Å². The second-order valence-corrected chi connectivity index (χ2v) is 5.74. The van der Waals surface area contributed by atoms with Gasteiger partial charge in [0.2, 0.25) is 0 Å². The summed E-state index contributed by atoms with van der Waals surface area (Å²) in [6, 6.07) is 7.61. The molecule has 1 unspecified atom stereocenters. The number of ether oxygens (including phenoxy) is 1. The van der Waals surface area contributed by atoms with Crippen molar-refractivity contribution in [3.63, 3.8) is 0 Å². The molecule has 1 aromatic carbocycles. The fraction of sp³-hybridized carbons (Fsp3) is 0.250. The molecule has 7 heteroatoms. The number of halogens is 1. The predicted octanol–water partition coefficient (Wildman–Crippen LogP) is 2.73. The Morgan fingerprint density at radius 2 is 2.09 bits per heavy atom. The van der Waals surface area contributed by atoms with Gasteiger partial charge < -0.3 is 9.64 Å². The molecule has 6 nitrogen and oxygen atoms in total. The van der Waals surface area contributed by atoms with Crippen LogP contribution in [0.3, 0.4) is 0 Å². The van der Waals surface area contributed by atoms with Gasteiger partial charge in [-0.2, -0.15) is 0 Å². The maximum atomic E-state index is 6.09. The summed E-state index contributed by atoms with van der Waals surface area (Å²) in [6.07, 6.45) is 5.85. The van der Waals surface area contributed by atoms with Crippen molar-refractivity contribution < 1.29 is 4.74 Å². The van der Waals surface area contributed by atoms with Crippen LogP contribution in [0.25, 0.3) is 10.9 Å². The molecule has 0 bridgehead atoms. The largest absolute Gasteiger partial charge is 0.488 e. The Labute approximate surface area is 138 Å². The lowest BCUT2D eigenvalue weighted by Gasteiger charge is -2.17. The third-order valence-corrected chi connectivity index (χ3v) is 4.20. The first kappa shape index (κ1) is 14.1. The molecule has 1 saturated heterocycles. The molecule has 116 valence electrons. The Balaban J connectivity index is 1.49. The molecule has 0 N–H and O–H groups in total. The summed E-state index contributed by atoms with van der Waals surface area (Å²) in [5, 5.41) is 1.29. The van der Waals surface area contributed by atoms with Gasteiger partial charge in [0, 0.05) is 30.6 Å². The van der Waals surface area contributed by atoms with Gasteiger partial charge in [-0.3, -0.25) is 0 Å². The average molecular weight is 328 g/mol. The van der Waals surface area contributed by atoms with Crippen molar-refractivity contribution in [3.05, 3.63) is 48.3 Å². The van der Waals surface area contributed by atoms with Gasteiger partial charge >= 0.3 is 0 Å². The minimum absolute atomic E-state index is 0.125. The molecule has 3 heterocycles. The third kappa shape index (κ3) is 2.90. The lowest BCUT2D eigenvalue weighted by atomic mass is 10.2. The maximum Gasteiger partial charge on any atom is 0.140 e. The first-order chi connectivity index (χ1) is 11.3. The molecular formula is C16H14ClN5O. The molecule has 23 heavy (non-hydrogen) atoms. The van der Waals surface area contributed by atoms with Gasteiger partial charge in [-0.15, -0.1) is 0 Å². The van der Waals surface area contributed by atoms with Crippen LogP contribution in [-0.2, 0) is 0 Å². The zero-order chi connectivity index (χ0) is 15.6. The van der Waals surface area contributed by atoms with Crippen molar-refractivity contribution in [2.45, 2.75) is 12.5 Å². The van der Waals surface area contributed by atoms with Crippen molar-refractivity contribution >= 4 is 28.3 Å². The number of fused-ring (bicyclic) bond motifs is 1. The number of benzene rings is 1. The summed E-state index contributed by atoms with van der Waals surface area (Å²) >= 11 is 6.06. The Morgan fingerprint density at radius 3 is 2.96 bits per heavy atom. The second kappa shape index (κ2) is 5.96. The molecule has 0 saturated carbocycles. The van der Waals surface area contributed by atoms with Gasteiger partial charge in [-0.1, -0.05) is 11.6 Å². The first-order valence-corrected chi connectivity index (χ1v) is 7.75. The first-order valence-electron chi connectivity index (χ1n) is 7.37. The van der Waals surface area contributed by atoms with Gasteiger partial charge in [0.05, 0.1) is 12.1 Å². The molecule has 0 amide bonds. The predicted molar refractivity (Wildman–Crippen MR) is 87.8 cm³/mol. The van der Waals surface area contributed by atoms with Gasteiger partial charge in [-0.05, 0) is 18.2 Å². The highest BCUT2D eigenvalue weighted by atomic mass is 35.5. The van der Waals surface area contributed by atoms with E-state index in [-0.39, 0.29) is 6.10 Å². The van der Waals surface area contributed by atoms with Crippen molar-refractivity contribution in [1.82, 2.24) is 19.9 Å². The Morgan fingerprint density at radius 1 is 1.13 bits per heavy atom. The molecule has 0 aliphatic carbocycles. The second-order valence-electron chi connectivity index (χ2n) is 5.39. The molecule has 2 aromatic heterocycles. The summed E-state index contributed by atoms with van der Waals surface area (Å²) in [5.74, 6) is 1.73. The van der Waals surface area contributed by atoms with E-state index in [1.54, 1.807) is 12.5 Å². The standard InChI is InChI=1S/C16H14ClN5O/c17-16-13-2-1-11(7-14(13)19-10-21-16)23-12-4-6-22(8-12)15-3-5-18-9-20-15/h1-3,5,7,9-10,12H,4,6,8H2. The maximum absolute atomic E-state index is 6.09. The number of rotatable bonds is 3. The zero-order valence-corrected chi connectivity index (χ0v) is 13.0. The molecule has 4 rings (SSSR count). The van der Waals surface area contributed by atoms with Crippen LogP contribution in [0.2, 0.25) is 5.15 Å². The van der Waals surface area contributed by atoms with Crippen LogP contribution in [0, 0.1) is 0 Å². The summed E-state index contributed by atoms with van der Waals surface area (Å²) in [5.41, 5.74) is 0.785. The van der Waals surface area contributed by atoms with Crippen molar-refractivity contribution in [3.8, 4) is 5.75 Å². The quantitative estimate of drug-likeness (QED) is 0.689. The Hall–Kier alpha value is -2.47. The fourth-order valence-electron chi connectivity index (χ4n) is 2.77. The number of hydrogen-bond donors (Lipinski definition) is 0. The van der Waals surface area contributed by atoms with E-state index in [1.165, 1.54) is 6.33 Å². The highest BCUT2D eigenvalue weighted by molar-refractivity contribution is 6.34. The topological polar surface area (TPSA) is 64.0 Å². The minimum atomic E-state index is 0.125. The fourth-order valence-corrected chi connectivity index (χ4v) is 2.98. The summed E-state index contributed by atoms with van der Waals surface area (Å²) < 4.78 is 6.09. The van der Waals surface area contributed by atoms with E-state index in [2.05, 4.69) is 24.8 Å². The van der Waals surface area contributed by atoms with E-state index in [1.807, 2.05) is 24.3 Å². The van der Waals surface area contributed by atoms with E-state index in [4.69, 9.17) is 16.3 Å². The molecule has 1 aliphatic rings. The average Bonchev–Trinajstić information content (AvgIpc) is 3.04. The Kier molecular flexibility index (Phi) is 3.67. The van der Waals surface area contributed by atoms with Crippen molar-refractivity contribution in [2.75, 3.05) is 18.0 Å². The van der Waals surface area contributed by atoms with E-state index >= 15 is 0 Å². The third-order valence-electron chi connectivity index (χ3n) is 3.90. The Bertz CT molecular complexity index is 829. The molecule has 1 aliphatic heterocycles. The van der Waals surface area contributed by atoms with E-state index in [0.29, 0.717) is 5.15 Å². The summed E-state index contributed by atoms with van der Waals surface area (Å²) in [4.78, 5) is 18.6. The van der Waals surface area contributed by atoms with Crippen molar-refractivity contribution in [1.29, 1.82) is 0 Å². The van der Waals surface area contributed by atoms with Crippen molar-refractivity contribution in [2.24, 2.45) is 0 Å². The summed E-state index contributed by atoms with van der Waals surface area (Å²) in [7, 11) is 0. The highest BCUT2D eigenvalue weighted by Crippen LogP contribution is 2.26. The van der Waals surface area contributed by atoms with E-state index < -0.39 is 0 Å². The molecule has 0 radical (unpaired) electrons. The van der Waals surface area contributed by atoms with Gasteiger partial charge in [0.15, 0.2) is 0 Å². The summed E-state index contributed by atoms with van der Waals surface area (Å²) in [6.45, 7) is 1.73. The SMILES string of the molecule is Clc1ncnc2cc(OC3CCN(c4ccncn4)C3)ccc12. The zero-order valence-electron chi connectivity index (χ0n) is 12.3. The molecule has 1 fully saturated rings. The normalized spacial score (nSPS) is 17.6.